The second kappa shape index (κ2) is 4.01. The Balaban J connectivity index is 2.06. The SMILES string of the molecule is C[C@H]1CCC[C@]2(C)C1=CC(=O)O[C@@H]2c1ccoc1. The van der Waals surface area contributed by atoms with Gasteiger partial charge in [-0.15, -0.1) is 0 Å². The number of ether oxygens (including phenoxy) is 1. The van der Waals surface area contributed by atoms with Crippen LogP contribution in [-0.4, -0.2) is 5.97 Å². The first-order valence-corrected chi connectivity index (χ1v) is 6.56. The van der Waals surface area contributed by atoms with Gasteiger partial charge in [0.2, 0.25) is 0 Å². The molecule has 3 heteroatoms. The molecule has 3 rings (SSSR count). The predicted octanol–water partition coefficient (Wildman–Crippen LogP) is 3.63. The van der Waals surface area contributed by atoms with Crippen LogP contribution in [0, 0.1) is 11.3 Å². The molecule has 1 saturated carbocycles. The average molecular weight is 246 g/mol. The van der Waals surface area contributed by atoms with E-state index >= 15 is 0 Å². The Morgan fingerprint density at radius 3 is 3.00 bits per heavy atom. The van der Waals surface area contributed by atoms with Crippen molar-refractivity contribution < 1.29 is 13.9 Å². The van der Waals surface area contributed by atoms with E-state index in [0.29, 0.717) is 5.92 Å². The number of carbonyl (C=O) groups is 1. The molecule has 0 amide bonds. The van der Waals surface area contributed by atoms with Gasteiger partial charge in [0, 0.05) is 17.1 Å². The third-order valence-corrected chi connectivity index (χ3v) is 4.46. The Bertz CT molecular complexity index is 486. The van der Waals surface area contributed by atoms with Gasteiger partial charge < -0.3 is 9.15 Å². The molecule has 0 radical (unpaired) electrons. The molecule has 0 aromatic carbocycles. The Hall–Kier alpha value is -1.51. The summed E-state index contributed by atoms with van der Waals surface area (Å²) in [5.74, 6) is 0.244. The number of fused-ring (bicyclic) bond motifs is 1. The summed E-state index contributed by atoms with van der Waals surface area (Å²) in [6, 6.07) is 1.89. The van der Waals surface area contributed by atoms with Crippen molar-refractivity contribution in [3.8, 4) is 0 Å². The molecule has 3 nitrogen and oxygen atoms in total. The minimum absolute atomic E-state index is 0.0740. The Kier molecular flexibility index (Phi) is 2.58. The highest BCUT2D eigenvalue weighted by Crippen LogP contribution is 2.54. The van der Waals surface area contributed by atoms with Crippen molar-refractivity contribution in [2.45, 2.75) is 39.2 Å². The molecule has 0 N–H and O–H groups in total. The highest BCUT2D eigenvalue weighted by molar-refractivity contribution is 5.84. The Morgan fingerprint density at radius 1 is 1.44 bits per heavy atom. The van der Waals surface area contributed by atoms with Crippen molar-refractivity contribution in [2.75, 3.05) is 0 Å². The maximum atomic E-state index is 11.8. The third kappa shape index (κ3) is 1.61. The number of esters is 1. The van der Waals surface area contributed by atoms with Gasteiger partial charge in [0.1, 0.15) is 6.10 Å². The summed E-state index contributed by atoms with van der Waals surface area (Å²) in [7, 11) is 0. The number of hydrogen-bond donors (Lipinski definition) is 0. The molecule has 0 bridgehead atoms. The minimum atomic E-state index is -0.220. The quantitative estimate of drug-likeness (QED) is 0.710. The van der Waals surface area contributed by atoms with Crippen LogP contribution in [0.3, 0.4) is 0 Å². The zero-order chi connectivity index (χ0) is 12.8. The Labute approximate surface area is 107 Å². The molecule has 1 aromatic heterocycles. The maximum Gasteiger partial charge on any atom is 0.331 e. The van der Waals surface area contributed by atoms with E-state index in [4.69, 9.17) is 9.15 Å². The molecular formula is C15H18O3. The lowest BCUT2D eigenvalue weighted by Crippen LogP contribution is -2.39. The van der Waals surface area contributed by atoms with Crippen LogP contribution in [0.25, 0.3) is 0 Å². The molecule has 2 heterocycles. The van der Waals surface area contributed by atoms with E-state index in [1.54, 1.807) is 18.6 Å². The lowest BCUT2D eigenvalue weighted by molar-refractivity contribution is -0.153. The van der Waals surface area contributed by atoms with Crippen LogP contribution in [0.4, 0.5) is 0 Å². The molecule has 1 aromatic rings. The van der Waals surface area contributed by atoms with E-state index in [-0.39, 0.29) is 17.5 Å². The summed E-state index contributed by atoms with van der Waals surface area (Å²) in [4.78, 5) is 11.8. The zero-order valence-electron chi connectivity index (χ0n) is 10.8. The number of carbonyl (C=O) groups excluding carboxylic acids is 1. The van der Waals surface area contributed by atoms with Gasteiger partial charge in [-0.3, -0.25) is 0 Å². The Morgan fingerprint density at radius 2 is 2.28 bits per heavy atom. The summed E-state index contributed by atoms with van der Waals surface area (Å²) < 4.78 is 10.7. The van der Waals surface area contributed by atoms with Gasteiger partial charge in [-0.2, -0.15) is 0 Å². The first-order chi connectivity index (χ1) is 8.61. The van der Waals surface area contributed by atoms with E-state index < -0.39 is 0 Å². The van der Waals surface area contributed by atoms with E-state index in [1.807, 2.05) is 6.07 Å². The summed E-state index contributed by atoms with van der Waals surface area (Å²) in [5.41, 5.74) is 2.14. The highest BCUT2D eigenvalue weighted by atomic mass is 16.5. The number of furan rings is 1. The van der Waals surface area contributed by atoms with Gasteiger partial charge in [-0.1, -0.05) is 25.8 Å². The van der Waals surface area contributed by atoms with Crippen LogP contribution in [0.1, 0.15) is 44.8 Å². The fraction of sp³-hybridized carbons (Fsp3) is 0.533. The molecule has 1 aliphatic heterocycles. The van der Waals surface area contributed by atoms with Crippen LogP contribution >= 0.6 is 0 Å². The smallest absolute Gasteiger partial charge is 0.331 e. The third-order valence-electron chi connectivity index (χ3n) is 4.46. The molecule has 96 valence electrons. The summed E-state index contributed by atoms with van der Waals surface area (Å²) in [5, 5.41) is 0. The van der Waals surface area contributed by atoms with Crippen molar-refractivity contribution in [1.29, 1.82) is 0 Å². The van der Waals surface area contributed by atoms with Gasteiger partial charge in [0.05, 0.1) is 12.5 Å². The molecule has 1 fully saturated rings. The highest BCUT2D eigenvalue weighted by Gasteiger charge is 2.47. The summed E-state index contributed by atoms with van der Waals surface area (Å²) in [6.07, 6.45) is 8.23. The average Bonchev–Trinajstić information content (AvgIpc) is 2.84. The minimum Gasteiger partial charge on any atom is -0.472 e. The predicted molar refractivity (Wildman–Crippen MR) is 66.7 cm³/mol. The van der Waals surface area contributed by atoms with Crippen LogP contribution in [-0.2, 0) is 9.53 Å². The van der Waals surface area contributed by atoms with E-state index in [9.17, 15) is 4.79 Å². The molecule has 0 spiro atoms. The van der Waals surface area contributed by atoms with Crippen molar-refractivity contribution in [1.82, 2.24) is 0 Å². The molecular weight excluding hydrogens is 228 g/mol. The van der Waals surface area contributed by atoms with Crippen molar-refractivity contribution in [2.24, 2.45) is 11.3 Å². The fourth-order valence-electron chi connectivity index (χ4n) is 3.50. The lowest BCUT2D eigenvalue weighted by Gasteiger charge is -2.46. The fourth-order valence-corrected chi connectivity index (χ4v) is 3.50. The van der Waals surface area contributed by atoms with Crippen molar-refractivity contribution in [3.05, 3.63) is 35.8 Å². The largest absolute Gasteiger partial charge is 0.472 e. The van der Waals surface area contributed by atoms with Crippen LogP contribution in [0.2, 0.25) is 0 Å². The van der Waals surface area contributed by atoms with Gasteiger partial charge in [-0.05, 0) is 24.8 Å². The topological polar surface area (TPSA) is 39.4 Å². The lowest BCUT2D eigenvalue weighted by atomic mass is 9.62. The molecule has 3 atom stereocenters. The molecule has 18 heavy (non-hydrogen) atoms. The second-order valence-electron chi connectivity index (χ2n) is 5.68. The van der Waals surface area contributed by atoms with E-state index in [0.717, 1.165) is 18.4 Å². The molecule has 0 saturated heterocycles. The monoisotopic (exact) mass is 246 g/mol. The van der Waals surface area contributed by atoms with Crippen molar-refractivity contribution in [3.63, 3.8) is 0 Å². The standard InChI is InChI=1S/C15H18O3/c1-10-4-3-6-15(2)12(10)8-13(16)18-14(15)11-5-7-17-9-11/h5,7-10,14H,3-4,6H2,1-2H3/t10-,14+,15+/m0/s1. The summed E-state index contributed by atoms with van der Waals surface area (Å²) >= 11 is 0. The van der Waals surface area contributed by atoms with Gasteiger partial charge in [-0.25, -0.2) is 4.79 Å². The summed E-state index contributed by atoms with van der Waals surface area (Å²) in [6.45, 7) is 4.41. The van der Waals surface area contributed by atoms with E-state index in [2.05, 4.69) is 13.8 Å². The van der Waals surface area contributed by atoms with E-state index in [1.165, 1.54) is 12.0 Å². The number of hydrogen-bond acceptors (Lipinski definition) is 3. The zero-order valence-corrected chi connectivity index (χ0v) is 10.8. The van der Waals surface area contributed by atoms with Gasteiger partial charge in [0.15, 0.2) is 0 Å². The van der Waals surface area contributed by atoms with Crippen LogP contribution in [0.5, 0.6) is 0 Å². The van der Waals surface area contributed by atoms with Crippen LogP contribution < -0.4 is 0 Å². The number of cyclic esters (lactones) is 1. The molecule has 0 unspecified atom stereocenters. The molecule has 2 aliphatic rings. The van der Waals surface area contributed by atoms with Crippen molar-refractivity contribution >= 4 is 5.97 Å². The first kappa shape index (κ1) is 11.6. The first-order valence-electron chi connectivity index (χ1n) is 6.56. The maximum absolute atomic E-state index is 11.8. The second-order valence-corrected chi connectivity index (χ2v) is 5.68. The number of rotatable bonds is 1. The normalized spacial score (nSPS) is 35.7. The molecule has 1 aliphatic carbocycles. The van der Waals surface area contributed by atoms with Gasteiger partial charge >= 0.3 is 5.97 Å². The van der Waals surface area contributed by atoms with Crippen LogP contribution in [0.15, 0.2) is 34.7 Å². The van der Waals surface area contributed by atoms with Gasteiger partial charge in [0.25, 0.3) is 0 Å².